The molecule has 0 saturated carbocycles. The van der Waals surface area contributed by atoms with E-state index in [1.165, 1.54) is 0 Å². The molecule has 1 unspecified atom stereocenters. The van der Waals surface area contributed by atoms with Crippen LogP contribution in [-0.2, 0) is 11.4 Å². The van der Waals surface area contributed by atoms with Gasteiger partial charge in [0.05, 0.1) is 28.9 Å². The molecule has 1 aliphatic heterocycles. The zero-order valence-corrected chi connectivity index (χ0v) is 29.4. The number of carbonyl (C=O) groups is 1. The molecule has 0 spiro atoms. The van der Waals surface area contributed by atoms with E-state index in [1.807, 2.05) is 81.4 Å². The van der Waals surface area contributed by atoms with Crippen LogP contribution in [0.1, 0.15) is 57.7 Å². The summed E-state index contributed by atoms with van der Waals surface area (Å²) in [5, 5.41) is 12.6. The van der Waals surface area contributed by atoms with Gasteiger partial charge in [0, 0.05) is 16.5 Å². The van der Waals surface area contributed by atoms with Crippen molar-refractivity contribution in [3.63, 3.8) is 0 Å². The number of unbranched alkanes of at least 4 members (excludes halogenated alkanes) is 1. The molecule has 1 amide bonds. The number of ether oxygens (including phenoxy) is 3. The Morgan fingerprint density at radius 3 is 2.52 bits per heavy atom. The molecule has 3 aromatic carbocycles. The highest BCUT2D eigenvalue weighted by atomic mass is 79.9. The van der Waals surface area contributed by atoms with Crippen LogP contribution >= 0.6 is 39.3 Å². The van der Waals surface area contributed by atoms with Gasteiger partial charge in [0.25, 0.3) is 5.91 Å². The van der Waals surface area contributed by atoms with E-state index in [9.17, 15) is 4.79 Å². The van der Waals surface area contributed by atoms with Crippen molar-refractivity contribution in [2.24, 2.45) is 0 Å². The van der Waals surface area contributed by atoms with Crippen molar-refractivity contribution in [3.8, 4) is 17.2 Å². The molecule has 0 fully saturated rings. The molecule has 0 saturated heterocycles. The minimum Gasteiger partial charge on any atom is -0.492 e. The largest absolute Gasteiger partial charge is 0.492 e. The van der Waals surface area contributed by atoms with E-state index in [1.54, 1.807) is 16.4 Å². The third kappa shape index (κ3) is 7.82. The maximum atomic E-state index is 14.2. The molecule has 0 aliphatic carbocycles. The van der Waals surface area contributed by atoms with Crippen molar-refractivity contribution in [2.75, 3.05) is 29.6 Å². The number of benzene rings is 3. The Kier molecular flexibility index (Phi) is 11.5. The van der Waals surface area contributed by atoms with Crippen LogP contribution in [0.3, 0.4) is 0 Å². The fraction of sp³-hybridized carbons (Fsp3) is 0.324. The Morgan fingerprint density at radius 2 is 1.78 bits per heavy atom. The van der Waals surface area contributed by atoms with E-state index in [2.05, 4.69) is 33.5 Å². The smallest absolute Gasteiger partial charge is 0.255 e. The molecule has 9 nitrogen and oxygen atoms in total. The van der Waals surface area contributed by atoms with Crippen LogP contribution in [-0.4, -0.2) is 39.6 Å². The van der Waals surface area contributed by atoms with Gasteiger partial charge in [-0.2, -0.15) is 4.98 Å². The molecule has 0 radical (unpaired) electrons. The molecule has 4 aromatic rings. The van der Waals surface area contributed by atoms with Crippen LogP contribution in [0.25, 0.3) is 0 Å². The summed E-state index contributed by atoms with van der Waals surface area (Å²) in [4.78, 5) is 19.0. The number of halogens is 2. The second-order valence-corrected chi connectivity index (χ2v) is 12.8. The Labute approximate surface area is 287 Å². The summed E-state index contributed by atoms with van der Waals surface area (Å²) in [5.74, 6) is 2.86. The minimum atomic E-state index is -0.621. The third-order valence-corrected chi connectivity index (χ3v) is 8.95. The van der Waals surface area contributed by atoms with Crippen molar-refractivity contribution in [2.45, 2.75) is 58.3 Å². The molecule has 2 N–H and O–H groups in total. The predicted molar refractivity (Wildman–Crippen MR) is 187 cm³/mol. The van der Waals surface area contributed by atoms with Gasteiger partial charge < -0.3 is 24.8 Å². The number of thioether (sulfide) groups is 1. The summed E-state index contributed by atoms with van der Waals surface area (Å²) in [5.41, 5.74) is 3.47. The molecule has 1 atom stereocenters. The second-order valence-electron chi connectivity index (χ2n) is 10.5. The van der Waals surface area contributed by atoms with E-state index >= 15 is 0 Å². The highest BCUT2D eigenvalue weighted by Gasteiger charge is 2.36. The van der Waals surface area contributed by atoms with Gasteiger partial charge in [-0.15, -0.1) is 5.10 Å². The van der Waals surface area contributed by atoms with Gasteiger partial charge in [-0.05, 0) is 90.6 Å². The average molecular weight is 727 g/mol. The van der Waals surface area contributed by atoms with Crippen molar-refractivity contribution in [1.29, 1.82) is 0 Å². The van der Waals surface area contributed by atoms with E-state index in [0.717, 1.165) is 29.7 Å². The van der Waals surface area contributed by atoms with Gasteiger partial charge >= 0.3 is 0 Å². The summed E-state index contributed by atoms with van der Waals surface area (Å²) in [6, 6.07) is 18.1. The summed E-state index contributed by atoms with van der Waals surface area (Å²) in [7, 11) is 0. The predicted octanol–water partition coefficient (Wildman–Crippen LogP) is 8.89. The lowest BCUT2D eigenvalue weighted by Gasteiger charge is -2.29. The second kappa shape index (κ2) is 15.8. The highest BCUT2D eigenvalue weighted by Crippen LogP contribution is 2.44. The molecule has 12 heteroatoms. The summed E-state index contributed by atoms with van der Waals surface area (Å²) in [6.45, 7) is 9.07. The first kappa shape index (κ1) is 33.7. The zero-order valence-electron chi connectivity index (χ0n) is 26.2. The van der Waals surface area contributed by atoms with Gasteiger partial charge in [-0.25, -0.2) is 4.68 Å². The minimum absolute atomic E-state index is 0.291. The molecule has 1 aromatic heterocycles. The van der Waals surface area contributed by atoms with Crippen molar-refractivity contribution >= 4 is 56.8 Å². The lowest BCUT2D eigenvalue weighted by atomic mass is 9.94. The van der Waals surface area contributed by atoms with Gasteiger partial charge in [-0.3, -0.25) is 4.79 Å². The molecule has 242 valence electrons. The maximum absolute atomic E-state index is 14.2. The number of amides is 1. The maximum Gasteiger partial charge on any atom is 0.255 e. The topological polar surface area (TPSA) is 99.5 Å². The number of anilines is 2. The van der Waals surface area contributed by atoms with E-state index in [0.29, 0.717) is 74.6 Å². The number of hydrogen-bond donors (Lipinski definition) is 2. The van der Waals surface area contributed by atoms with Crippen LogP contribution in [0.2, 0.25) is 5.02 Å². The van der Waals surface area contributed by atoms with Crippen LogP contribution < -0.4 is 24.8 Å². The number of fused-ring (bicyclic) bond motifs is 1. The number of nitrogens with one attached hydrogen (secondary N) is 2. The summed E-state index contributed by atoms with van der Waals surface area (Å²) < 4.78 is 20.6. The molecule has 5 rings (SSSR count). The fourth-order valence-corrected chi connectivity index (χ4v) is 6.64. The molecule has 2 heterocycles. The summed E-state index contributed by atoms with van der Waals surface area (Å²) >= 11 is 11.4. The zero-order chi connectivity index (χ0) is 32.6. The fourth-order valence-electron chi connectivity index (χ4n) is 5.03. The molecular weight excluding hydrogens is 690 g/mol. The van der Waals surface area contributed by atoms with Gasteiger partial charge in [-0.1, -0.05) is 61.0 Å². The molecule has 0 bridgehead atoms. The third-order valence-electron chi connectivity index (χ3n) is 7.19. The first-order chi connectivity index (χ1) is 22.3. The SMILES string of the molecule is CCCCSc1nc2n(n1)C(c1cc(Br)c(OCc3ccc(Cl)cc3)c(OCC)c1)C(C(=O)Nc1ccccc1OCC)=C(C)N2. The first-order valence-electron chi connectivity index (χ1n) is 15.3. The van der Waals surface area contributed by atoms with Crippen molar-refractivity contribution in [1.82, 2.24) is 14.8 Å². The lowest BCUT2D eigenvalue weighted by molar-refractivity contribution is -0.113. The standard InChI is InChI=1S/C34H37BrClN5O4S/c1-5-8-17-46-34-39-33-37-21(4)29(32(42)38-26-11-9-10-12-27(26)43-6-2)30(41(33)40-34)23-18-25(35)31(28(19-23)44-7-3)45-20-22-13-15-24(36)16-14-22/h9-16,18-19,30H,5-8,17,20H2,1-4H3,(H,38,42)(H,37,39,40). The number of carbonyl (C=O) groups excluding carboxylic acids is 1. The number of para-hydroxylation sites is 2. The van der Waals surface area contributed by atoms with Crippen molar-refractivity contribution in [3.05, 3.63) is 92.6 Å². The Balaban J connectivity index is 1.56. The highest BCUT2D eigenvalue weighted by molar-refractivity contribution is 9.10. The number of hydrogen-bond acceptors (Lipinski definition) is 8. The summed E-state index contributed by atoms with van der Waals surface area (Å²) in [6.07, 6.45) is 2.13. The number of nitrogens with zero attached hydrogens (tertiary/aromatic N) is 3. The molecule has 46 heavy (non-hydrogen) atoms. The normalized spacial score (nSPS) is 14.0. The van der Waals surface area contributed by atoms with E-state index in [4.69, 9.17) is 35.9 Å². The monoisotopic (exact) mass is 725 g/mol. The number of allylic oxidation sites excluding steroid dienone is 1. The van der Waals surface area contributed by atoms with Gasteiger partial charge in [0.2, 0.25) is 11.1 Å². The average Bonchev–Trinajstić information content (AvgIpc) is 3.44. The van der Waals surface area contributed by atoms with Gasteiger partial charge in [0.1, 0.15) is 18.4 Å². The van der Waals surface area contributed by atoms with Crippen LogP contribution in [0, 0.1) is 0 Å². The quantitative estimate of drug-likeness (QED) is 0.0983. The van der Waals surface area contributed by atoms with Crippen LogP contribution in [0.15, 0.2) is 81.6 Å². The Bertz CT molecular complexity index is 1710. The Morgan fingerprint density at radius 1 is 1.04 bits per heavy atom. The molecule has 1 aliphatic rings. The van der Waals surface area contributed by atoms with E-state index in [-0.39, 0.29) is 5.91 Å². The number of rotatable bonds is 14. The van der Waals surface area contributed by atoms with Crippen LogP contribution in [0.4, 0.5) is 11.6 Å². The van der Waals surface area contributed by atoms with Crippen molar-refractivity contribution < 1.29 is 19.0 Å². The number of aromatic nitrogens is 3. The van der Waals surface area contributed by atoms with Gasteiger partial charge in [0.15, 0.2) is 11.5 Å². The lowest BCUT2D eigenvalue weighted by Crippen LogP contribution is -2.31. The van der Waals surface area contributed by atoms with E-state index < -0.39 is 6.04 Å². The van der Waals surface area contributed by atoms with Crippen LogP contribution in [0.5, 0.6) is 17.2 Å². The first-order valence-corrected chi connectivity index (χ1v) is 17.4. The Hall–Kier alpha value is -3.67. The molecular formula is C34H37BrClN5O4S.